The van der Waals surface area contributed by atoms with Crippen LogP contribution in [-0.2, 0) is 0 Å². The molecule has 1 aliphatic carbocycles. The van der Waals surface area contributed by atoms with Gasteiger partial charge in [-0.2, -0.15) is 0 Å². The third-order valence-electron chi connectivity index (χ3n) is 8.42. The Morgan fingerprint density at radius 3 is 2.47 bits per heavy atom. The number of hydrogen-bond acceptors (Lipinski definition) is 4. The predicted molar refractivity (Wildman–Crippen MR) is 164 cm³/mol. The van der Waals surface area contributed by atoms with Crippen LogP contribution in [0.3, 0.4) is 0 Å². The van der Waals surface area contributed by atoms with E-state index in [2.05, 4.69) is 106 Å². The van der Waals surface area contributed by atoms with Crippen LogP contribution in [0.25, 0.3) is 5.70 Å². The zero-order valence-electron chi connectivity index (χ0n) is 24.8. The van der Waals surface area contributed by atoms with Crippen molar-refractivity contribution >= 4 is 11.5 Å². The Kier molecular flexibility index (Phi) is 9.49. The lowest BCUT2D eigenvalue weighted by atomic mass is 9.88. The van der Waals surface area contributed by atoms with E-state index in [1.54, 1.807) is 16.7 Å². The van der Waals surface area contributed by atoms with E-state index in [0.29, 0.717) is 6.04 Å². The van der Waals surface area contributed by atoms with Crippen LogP contribution in [0.15, 0.2) is 75.7 Å². The first-order chi connectivity index (χ1) is 18.3. The van der Waals surface area contributed by atoms with Crippen LogP contribution in [0.2, 0.25) is 0 Å². The number of hydrogen-bond donors (Lipinski definition) is 1. The molecule has 1 N–H and O–H groups in total. The summed E-state index contributed by atoms with van der Waals surface area (Å²) in [5.74, 6) is 1.03. The lowest BCUT2D eigenvalue weighted by Gasteiger charge is -2.38. The zero-order valence-corrected chi connectivity index (χ0v) is 24.8. The number of piperazine rings is 1. The number of aryl methyl sites for hydroxylation is 2. The average Bonchev–Trinajstić information content (AvgIpc) is 2.89. The monoisotopic (exact) mass is 512 g/mol. The smallest absolute Gasteiger partial charge is 0.137 e. The molecule has 0 aromatic heterocycles. The highest BCUT2D eigenvalue weighted by Gasteiger charge is 2.28. The maximum absolute atomic E-state index is 5.04. The van der Waals surface area contributed by atoms with Crippen LogP contribution in [0.4, 0.5) is 0 Å². The lowest BCUT2D eigenvalue weighted by Crippen LogP contribution is -2.49. The van der Waals surface area contributed by atoms with Gasteiger partial charge in [0.1, 0.15) is 5.84 Å². The van der Waals surface area contributed by atoms with Crippen molar-refractivity contribution in [3.8, 4) is 0 Å². The molecule has 4 aliphatic rings. The average molecular weight is 513 g/mol. The van der Waals surface area contributed by atoms with E-state index in [0.717, 1.165) is 31.2 Å². The van der Waals surface area contributed by atoms with Crippen molar-refractivity contribution in [2.24, 2.45) is 4.99 Å². The molecule has 1 aromatic rings. The Bertz CT molecular complexity index is 1200. The molecule has 1 atom stereocenters. The minimum absolute atomic E-state index is 0.523. The van der Waals surface area contributed by atoms with Crippen LogP contribution in [0.5, 0.6) is 0 Å². The Morgan fingerprint density at radius 1 is 1.05 bits per heavy atom. The van der Waals surface area contributed by atoms with E-state index in [1.807, 2.05) is 0 Å². The van der Waals surface area contributed by atoms with E-state index in [4.69, 9.17) is 4.99 Å². The summed E-state index contributed by atoms with van der Waals surface area (Å²) in [6.07, 6.45) is 16.5. The van der Waals surface area contributed by atoms with Crippen LogP contribution >= 0.6 is 0 Å². The van der Waals surface area contributed by atoms with Crippen molar-refractivity contribution < 1.29 is 0 Å². The van der Waals surface area contributed by atoms with Crippen LogP contribution < -0.4 is 5.32 Å². The van der Waals surface area contributed by atoms with Crippen molar-refractivity contribution in [2.45, 2.75) is 93.0 Å². The largest absolute Gasteiger partial charge is 0.368 e. The van der Waals surface area contributed by atoms with Gasteiger partial charge in [0, 0.05) is 43.1 Å². The van der Waals surface area contributed by atoms with E-state index >= 15 is 0 Å². The molecule has 0 amide bonds. The topological polar surface area (TPSA) is 30.9 Å². The molecule has 3 heterocycles. The Labute approximate surface area is 231 Å². The molecule has 0 radical (unpaired) electrons. The molecule has 1 saturated heterocycles. The van der Waals surface area contributed by atoms with Gasteiger partial charge in [-0.25, -0.2) is 4.99 Å². The second kappa shape index (κ2) is 12.8. The number of benzene rings is 1. The molecule has 1 saturated carbocycles. The van der Waals surface area contributed by atoms with E-state index in [1.165, 1.54) is 66.6 Å². The highest BCUT2D eigenvalue weighted by molar-refractivity contribution is 6.02. The number of amidine groups is 1. The van der Waals surface area contributed by atoms with Crippen LogP contribution in [0.1, 0.15) is 89.8 Å². The van der Waals surface area contributed by atoms with E-state index in [9.17, 15) is 0 Å². The summed E-state index contributed by atoms with van der Waals surface area (Å²) in [5.41, 5.74) is 12.3. The zero-order chi connectivity index (χ0) is 27.2. The normalized spacial score (nSPS) is 21.4. The number of rotatable bonds is 5. The Hall–Kier alpha value is -2.85. The molecule has 204 valence electrons. The number of nitrogens with zero attached hydrogens (tertiary/aromatic N) is 3. The third-order valence-corrected chi connectivity index (χ3v) is 8.42. The predicted octanol–water partition coefficient (Wildman–Crippen LogP) is 8.03. The fourth-order valence-electron chi connectivity index (χ4n) is 5.30. The molecular weight excluding hydrogens is 464 g/mol. The van der Waals surface area contributed by atoms with Crippen molar-refractivity contribution in [1.29, 1.82) is 0 Å². The van der Waals surface area contributed by atoms with E-state index in [-0.39, 0.29) is 0 Å². The third kappa shape index (κ3) is 6.58. The van der Waals surface area contributed by atoms with E-state index < -0.39 is 0 Å². The number of fused-ring (bicyclic) bond motifs is 1. The van der Waals surface area contributed by atoms with Gasteiger partial charge >= 0.3 is 0 Å². The molecule has 5 rings (SSSR count). The Morgan fingerprint density at radius 2 is 1.84 bits per heavy atom. The first kappa shape index (κ1) is 28.2. The molecule has 4 heteroatoms. The summed E-state index contributed by atoms with van der Waals surface area (Å²) in [5, 5.41) is 3.54. The second-order valence-electron chi connectivity index (χ2n) is 11.4. The number of aliphatic imine (C=N–C) groups is 1. The fourth-order valence-corrected chi connectivity index (χ4v) is 5.30. The van der Waals surface area contributed by atoms with Crippen LogP contribution in [-0.4, -0.2) is 41.3 Å². The maximum Gasteiger partial charge on any atom is 0.137 e. The first-order valence-corrected chi connectivity index (χ1v) is 14.7. The van der Waals surface area contributed by atoms with Gasteiger partial charge in [0.25, 0.3) is 0 Å². The molecule has 0 bridgehead atoms. The highest BCUT2D eigenvalue weighted by Crippen LogP contribution is 2.37. The minimum Gasteiger partial charge on any atom is -0.368 e. The summed E-state index contributed by atoms with van der Waals surface area (Å²) in [7, 11) is 0. The van der Waals surface area contributed by atoms with Crippen molar-refractivity contribution in [1.82, 2.24) is 15.1 Å². The SMILES string of the molecule is CCC/C(C)=C(\C)CC.Cc1ccc(C2=CC(=C3CCC3)N3C=C(N4CCN[C@@H](C)C4)C=CC3=N2)cc1C. The van der Waals surface area contributed by atoms with Gasteiger partial charge in [0.2, 0.25) is 0 Å². The van der Waals surface area contributed by atoms with Crippen molar-refractivity contribution in [2.75, 3.05) is 19.6 Å². The summed E-state index contributed by atoms with van der Waals surface area (Å²) >= 11 is 0. The van der Waals surface area contributed by atoms with Crippen LogP contribution in [0, 0.1) is 13.8 Å². The second-order valence-corrected chi connectivity index (χ2v) is 11.4. The molecule has 0 spiro atoms. The van der Waals surface area contributed by atoms with Gasteiger partial charge in [0.15, 0.2) is 0 Å². The van der Waals surface area contributed by atoms with Gasteiger partial charge in [-0.05, 0) is 108 Å². The molecule has 3 aliphatic heterocycles. The Balaban J connectivity index is 0.000000323. The van der Waals surface area contributed by atoms with Gasteiger partial charge in [-0.15, -0.1) is 0 Å². The summed E-state index contributed by atoms with van der Waals surface area (Å²) < 4.78 is 0. The first-order valence-electron chi connectivity index (χ1n) is 14.7. The molecule has 1 aromatic carbocycles. The molecule has 4 nitrogen and oxygen atoms in total. The molecule has 38 heavy (non-hydrogen) atoms. The van der Waals surface area contributed by atoms with Crippen molar-refractivity contribution in [3.63, 3.8) is 0 Å². The molecule has 2 fully saturated rings. The standard InChI is InChI=1S/C25H30N4.C9H18/c1-17-7-8-21(13-18(17)2)23-14-24(20-5-4-6-20)29-16-22(9-10-25(29)27-23)28-12-11-26-19(3)15-28;1-5-7-9(4)8(3)6-2/h7-10,13-14,16,19,26H,4-6,11-12,15H2,1-3H3;5-7H2,1-4H3/b;9-8+/t19-;/m0./s1. The van der Waals surface area contributed by atoms with Gasteiger partial charge in [-0.1, -0.05) is 43.5 Å². The van der Waals surface area contributed by atoms with Crippen molar-refractivity contribution in [3.05, 3.63) is 87.4 Å². The maximum atomic E-state index is 5.04. The summed E-state index contributed by atoms with van der Waals surface area (Å²) in [4.78, 5) is 9.84. The molecule has 0 unspecified atom stereocenters. The summed E-state index contributed by atoms with van der Waals surface area (Å²) in [6.45, 7) is 18.6. The summed E-state index contributed by atoms with van der Waals surface area (Å²) in [6, 6.07) is 7.19. The number of nitrogens with one attached hydrogen (secondary N) is 1. The van der Waals surface area contributed by atoms with Gasteiger partial charge in [0.05, 0.1) is 11.4 Å². The molecular formula is C34H48N4. The number of allylic oxidation sites excluding steroid dienone is 5. The quantitative estimate of drug-likeness (QED) is 0.405. The highest BCUT2D eigenvalue weighted by atomic mass is 15.3. The van der Waals surface area contributed by atoms with Gasteiger partial charge in [-0.3, -0.25) is 4.90 Å². The fraction of sp³-hybridized carbons (Fsp3) is 0.500. The lowest BCUT2D eigenvalue weighted by molar-refractivity contribution is 0.259. The minimum atomic E-state index is 0.523. The van der Waals surface area contributed by atoms with Gasteiger partial charge < -0.3 is 10.2 Å².